The van der Waals surface area contributed by atoms with E-state index in [-0.39, 0.29) is 0 Å². The van der Waals surface area contributed by atoms with Crippen LogP contribution >= 0.6 is 11.6 Å². The summed E-state index contributed by atoms with van der Waals surface area (Å²) < 4.78 is 8.09. The summed E-state index contributed by atoms with van der Waals surface area (Å²) in [4.78, 5) is 12.4. The maximum Gasteiger partial charge on any atom is 0.251 e. The number of carbonyl (C=O) groups excluding carboxylic acids is 1. The minimum Gasteiger partial charge on any atom is -0.457 e. The number of para-hydroxylation sites is 1. The average Bonchev–Trinajstić information content (AvgIpc) is 3.00. The van der Waals surface area contributed by atoms with Gasteiger partial charge in [-0.1, -0.05) is 54.1 Å². The van der Waals surface area contributed by atoms with Crippen LogP contribution in [0.15, 0.2) is 78.9 Å². The number of primary amides is 1. The number of nitrogens with zero attached hydrogens (tertiary/aromatic N) is 1. The molecule has 0 spiro atoms. The number of amides is 1. The van der Waals surface area contributed by atoms with E-state index in [2.05, 4.69) is 4.57 Å². The van der Waals surface area contributed by atoms with Crippen molar-refractivity contribution in [3.05, 3.63) is 106 Å². The van der Waals surface area contributed by atoms with Gasteiger partial charge < -0.3 is 15.0 Å². The summed E-state index contributed by atoms with van der Waals surface area (Å²) >= 11 is 6.16. The van der Waals surface area contributed by atoms with Crippen molar-refractivity contribution in [1.82, 2.24) is 4.57 Å². The summed E-state index contributed by atoms with van der Waals surface area (Å²) in [5.74, 6) is 0.995. The zero-order chi connectivity index (χ0) is 22.0. The van der Waals surface area contributed by atoms with E-state index in [1.807, 2.05) is 92.7 Å². The molecule has 31 heavy (non-hydrogen) atoms. The molecule has 4 aromatic rings. The first-order valence-electron chi connectivity index (χ1n) is 10.0. The van der Waals surface area contributed by atoms with Crippen LogP contribution in [0.2, 0.25) is 5.02 Å². The first-order chi connectivity index (χ1) is 14.9. The Hall–Kier alpha value is -3.50. The molecule has 0 radical (unpaired) electrons. The molecule has 5 heteroatoms. The van der Waals surface area contributed by atoms with Gasteiger partial charge in [-0.15, -0.1) is 0 Å². The fourth-order valence-corrected chi connectivity index (χ4v) is 4.15. The summed E-state index contributed by atoms with van der Waals surface area (Å²) in [5, 5.41) is 0.682. The monoisotopic (exact) mass is 430 g/mol. The summed E-state index contributed by atoms with van der Waals surface area (Å²) in [6.07, 6.45) is 0. The number of halogens is 1. The van der Waals surface area contributed by atoms with Gasteiger partial charge in [0.15, 0.2) is 0 Å². The van der Waals surface area contributed by atoms with Crippen molar-refractivity contribution in [3.8, 4) is 22.6 Å². The van der Waals surface area contributed by atoms with Crippen LogP contribution in [0.4, 0.5) is 0 Å². The molecular weight excluding hydrogens is 408 g/mol. The lowest BCUT2D eigenvalue weighted by Gasteiger charge is -2.11. The highest BCUT2D eigenvalue weighted by Crippen LogP contribution is 2.35. The molecule has 1 heterocycles. The van der Waals surface area contributed by atoms with Crippen molar-refractivity contribution in [2.75, 3.05) is 0 Å². The molecule has 0 aliphatic heterocycles. The highest BCUT2D eigenvalue weighted by molar-refractivity contribution is 6.30. The third-order valence-corrected chi connectivity index (χ3v) is 5.60. The highest BCUT2D eigenvalue weighted by Gasteiger charge is 2.23. The summed E-state index contributed by atoms with van der Waals surface area (Å²) in [7, 11) is 0. The normalized spacial score (nSPS) is 10.8. The minimum atomic E-state index is -0.449. The van der Waals surface area contributed by atoms with E-state index in [1.165, 1.54) is 0 Å². The van der Waals surface area contributed by atoms with E-state index in [4.69, 9.17) is 22.1 Å². The number of aromatic nitrogens is 1. The molecule has 0 atom stereocenters. The predicted molar refractivity (Wildman–Crippen MR) is 125 cm³/mol. The van der Waals surface area contributed by atoms with Crippen molar-refractivity contribution >= 4 is 17.5 Å². The topological polar surface area (TPSA) is 57.3 Å². The van der Waals surface area contributed by atoms with Crippen molar-refractivity contribution in [2.45, 2.75) is 20.4 Å². The molecule has 0 aliphatic carbocycles. The molecule has 3 aromatic carbocycles. The van der Waals surface area contributed by atoms with Crippen LogP contribution in [0.3, 0.4) is 0 Å². The Morgan fingerprint density at radius 1 is 0.903 bits per heavy atom. The van der Waals surface area contributed by atoms with Gasteiger partial charge in [0, 0.05) is 28.5 Å². The van der Waals surface area contributed by atoms with Gasteiger partial charge in [-0.2, -0.15) is 0 Å². The summed E-state index contributed by atoms with van der Waals surface area (Å²) in [5.41, 5.74) is 10.9. The van der Waals surface area contributed by atoms with Gasteiger partial charge >= 0.3 is 0 Å². The Labute approximate surface area is 186 Å². The third kappa shape index (κ3) is 4.35. The quantitative estimate of drug-likeness (QED) is 0.386. The van der Waals surface area contributed by atoms with E-state index < -0.39 is 5.91 Å². The van der Waals surface area contributed by atoms with Crippen LogP contribution in [0, 0.1) is 13.8 Å². The van der Waals surface area contributed by atoms with Crippen LogP contribution < -0.4 is 10.5 Å². The zero-order valence-electron chi connectivity index (χ0n) is 17.4. The maximum absolute atomic E-state index is 12.4. The van der Waals surface area contributed by atoms with Gasteiger partial charge in [0.2, 0.25) is 0 Å². The fraction of sp³-hybridized carbons (Fsp3) is 0.115. The Morgan fingerprint density at radius 3 is 2.32 bits per heavy atom. The fourth-order valence-electron chi connectivity index (χ4n) is 3.93. The zero-order valence-corrected chi connectivity index (χ0v) is 18.2. The molecule has 0 saturated heterocycles. The van der Waals surface area contributed by atoms with E-state index >= 15 is 0 Å². The average molecular weight is 431 g/mol. The standard InChI is InChI=1S/C26H23ClN2O2/c1-17-24(20-9-7-13-23(15-20)31-22-11-4-3-5-12-22)25(26(28)30)18(2)29(17)16-19-8-6-10-21(27)14-19/h3-15H,16H2,1-2H3,(H2,28,30). The molecule has 1 amide bonds. The number of hydrogen-bond acceptors (Lipinski definition) is 2. The molecule has 4 nitrogen and oxygen atoms in total. The Bertz CT molecular complexity index is 1250. The molecular formula is C26H23ClN2O2. The Morgan fingerprint density at radius 2 is 1.61 bits per heavy atom. The van der Waals surface area contributed by atoms with Crippen molar-refractivity contribution < 1.29 is 9.53 Å². The van der Waals surface area contributed by atoms with Crippen LogP contribution in [-0.4, -0.2) is 10.5 Å². The van der Waals surface area contributed by atoms with Gasteiger partial charge in [0.25, 0.3) is 5.91 Å². The number of ether oxygens (including phenoxy) is 1. The second-order valence-electron chi connectivity index (χ2n) is 7.44. The largest absolute Gasteiger partial charge is 0.457 e. The number of nitrogens with two attached hydrogens (primary N) is 1. The maximum atomic E-state index is 12.4. The molecule has 0 saturated carbocycles. The van der Waals surface area contributed by atoms with E-state index in [1.54, 1.807) is 0 Å². The van der Waals surface area contributed by atoms with Crippen LogP contribution in [0.25, 0.3) is 11.1 Å². The molecule has 2 N–H and O–H groups in total. The summed E-state index contributed by atoms with van der Waals surface area (Å²) in [6.45, 7) is 4.52. The lowest BCUT2D eigenvalue weighted by molar-refractivity contribution is 0.1000. The SMILES string of the molecule is Cc1c(C(N)=O)c(-c2cccc(Oc3ccccc3)c2)c(C)n1Cc1cccc(Cl)c1. The minimum absolute atomic E-state index is 0.449. The molecule has 4 rings (SSSR count). The molecule has 0 unspecified atom stereocenters. The molecule has 0 aliphatic rings. The molecule has 0 bridgehead atoms. The molecule has 1 aromatic heterocycles. The van der Waals surface area contributed by atoms with Gasteiger partial charge in [-0.3, -0.25) is 4.79 Å². The number of carbonyl (C=O) groups is 1. The van der Waals surface area contributed by atoms with Crippen LogP contribution in [0.1, 0.15) is 27.3 Å². The highest BCUT2D eigenvalue weighted by atomic mass is 35.5. The number of hydrogen-bond donors (Lipinski definition) is 1. The van der Waals surface area contributed by atoms with Crippen LogP contribution in [0.5, 0.6) is 11.5 Å². The van der Waals surface area contributed by atoms with Crippen molar-refractivity contribution in [1.29, 1.82) is 0 Å². The lowest BCUT2D eigenvalue weighted by Crippen LogP contribution is -2.13. The second-order valence-corrected chi connectivity index (χ2v) is 7.88. The van der Waals surface area contributed by atoms with E-state index in [0.717, 1.165) is 33.8 Å². The van der Waals surface area contributed by atoms with Crippen molar-refractivity contribution in [3.63, 3.8) is 0 Å². The lowest BCUT2D eigenvalue weighted by atomic mass is 10.00. The van der Waals surface area contributed by atoms with Gasteiger partial charge in [0.05, 0.1) is 5.56 Å². The van der Waals surface area contributed by atoms with Gasteiger partial charge in [0.1, 0.15) is 11.5 Å². The first kappa shape index (κ1) is 20.8. The van der Waals surface area contributed by atoms with Crippen molar-refractivity contribution in [2.24, 2.45) is 5.73 Å². The van der Waals surface area contributed by atoms with Gasteiger partial charge in [-0.05, 0) is 61.4 Å². The number of rotatable bonds is 6. The Balaban J connectivity index is 1.78. The van der Waals surface area contributed by atoms with E-state index in [0.29, 0.717) is 22.9 Å². The smallest absolute Gasteiger partial charge is 0.251 e. The van der Waals surface area contributed by atoms with E-state index in [9.17, 15) is 4.79 Å². The Kier molecular flexibility index (Phi) is 5.83. The molecule has 0 fully saturated rings. The molecule has 156 valence electrons. The predicted octanol–water partition coefficient (Wildman–Crippen LogP) is 6.36. The second kappa shape index (κ2) is 8.70. The van der Waals surface area contributed by atoms with Crippen LogP contribution in [-0.2, 0) is 6.54 Å². The first-order valence-corrected chi connectivity index (χ1v) is 10.4. The third-order valence-electron chi connectivity index (χ3n) is 5.36. The number of benzene rings is 3. The van der Waals surface area contributed by atoms with Gasteiger partial charge in [-0.25, -0.2) is 0 Å². The summed E-state index contributed by atoms with van der Waals surface area (Å²) in [6, 6.07) is 25.0.